The minimum atomic E-state index is -0.466. The molecule has 2 aromatic heterocycles. The summed E-state index contributed by atoms with van der Waals surface area (Å²) in [6, 6.07) is 13.0. The normalized spacial score (nSPS) is 10.8. The Morgan fingerprint density at radius 1 is 1.19 bits per heavy atom. The fraction of sp³-hybridized carbons (Fsp3) is 0. The van der Waals surface area contributed by atoms with E-state index in [2.05, 4.69) is 26.2 Å². The number of hydrogen-bond donors (Lipinski definition) is 1. The van der Waals surface area contributed by atoms with Gasteiger partial charge in [-0.15, -0.1) is 0 Å². The van der Waals surface area contributed by atoms with Gasteiger partial charge < -0.3 is 9.73 Å². The Morgan fingerprint density at radius 2 is 2.00 bits per heavy atom. The van der Waals surface area contributed by atoms with Gasteiger partial charge in [0, 0.05) is 22.8 Å². The third-order valence-corrected chi connectivity index (χ3v) is 3.84. The van der Waals surface area contributed by atoms with Gasteiger partial charge in [0.15, 0.2) is 0 Å². The van der Waals surface area contributed by atoms with Gasteiger partial charge in [-0.25, -0.2) is 4.98 Å². The third-order valence-electron chi connectivity index (χ3n) is 3.37. The lowest BCUT2D eigenvalue weighted by Gasteiger charge is -2.00. The first-order valence-corrected chi connectivity index (χ1v) is 8.26. The van der Waals surface area contributed by atoms with Crippen molar-refractivity contribution >= 4 is 39.4 Å². The predicted octanol–water partition coefficient (Wildman–Crippen LogP) is 4.66. The van der Waals surface area contributed by atoms with E-state index in [4.69, 9.17) is 4.42 Å². The molecule has 7 nitrogen and oxygen atoms in total. The van der Waals surface area contributed by atoms with Crippen LogP contribution in [0.3, 0.4) is 0 Å². The Kier molecular flexibility index (Phi) is 5.23. The molecule has 1 amide bonds. The number of amides is 1. The maximum Gasteiger partial charge on any atom is 0.280 e. The number of para-hydroxylation sites is 1. The lowest BCUT2D eigenvalue weighted by molar-refractivity contribution is -0.384. The van der Waals surface area contributed by atoms with Crippen molar-refractivity contribution < 1.29 is 14.1 Å². The van der Waals surface area contributed by atoms with Crippen LogP contribution in [0.2, 0.25) is 0 Å². The molecule has 0 radical (unpaired) electrons. The summed E-state index contributed by atoms with van der Waals surface area (Å²) in [4.78, 5) is 26.6. The molecule has 0 aliphatic rings. The van der Waals surface area contributed by atoms with Gasteiger partial charge in [-0.05, 0) is 52.3 Å². The van der Waals surface area contributed by atoms with Crippen molar-refractivity contribution in [3.05, 3.63) is 81.2 Å². The van der Waals surface area contributed by atoms with Crippen LogP contribution in [0.5, 0.6) is 0 Å². The zero-order valence-electron chi connectivity index (χ0n) is 13.3. The SMILES string of the molecule is O=C(/C=C/c1ccc(-c2ccccc2[N+](=O)[O-])o1)Nc1ccc(Br)cn1. The number of nitro groups is 1. The molecule has 3 rings (SSSR count). The number of nitrogens with one attached hydrogen (secondary N) is 1. The molecule has 0 saturated heterocycles. The number of nitrogens with zero attached hydrogens (tertiary/aromatic N) is 2. The summed E-state index contributed by atoms with van der Waals surface area (Å²) in [6.45, 7) is 0. The Labute approximate surface area is 156 Å². The van der Waals surface area contributed by atoms with Crippen LogP contribution < -0.4 is 5.32 Å². The smallest absolute Gasteiger partial charge is 0.280 e. The first kappa shape index (κ1) is 17.6. The van der Waals surface area contributed by atoms with E-state index in [0.717, 1.165) is 4.47 Å². The van der Waals surface area contributed by atoms with Crippen LogP contribution in [0.15, 0.2) is 69.7 Å². The molecule has 0 bridgehead atoms. The molecule has 8 heteroatoms. The van der Waals surface area contributed by atoms with Crippen LogP contribution in [0, 0.1) is 10.1 Å². The number of anilines is 1. The second kappa shape index (κ2) is 7.75. The molecule has 0 saturated carbocycles. The van der Waals surface area contributed by atoms with Crippen LogP contribution in [-0.2, 0) is 4.79 Å². The number of nitro benzene ring substituents is 1. The van der Waals surface area contributed by atoms with E-state index < -0.39 is 4.92 Å². The summed E-state index contributed by atoms with van der Waals surface area (Å²) in [7, 11) is 0. The van der Waals surface area contributed by atoms with Crippen molar-refractivity contribution in [3.63, 3.8) is 0 Å². The minimum absolute atomic E-state index is 0.0450. The molecular formula is C18H12BrN3O4. The molecule has 2 heterocycles. The highest BCUT2D eigenvalue weighted by Crippen LogP contribution is 2.31. The summed E-state index contributed by atoms with van der Waals surface area (Å²) < 4.78 is 6.39. The second-order valence-electron chi connectivity index (χ2n) is 5.16. The molecule has 3 aromatic rings. The summed E-state index contributed by atoms with van der Waals surface area (Å²) in [5.74, 6) is 0.801. The highest BCUT2D eigenvalue weighted by molar-refractivity contribution is 9.10. The van der Waals surface area contributed by atoms with Crippen LogP contribution >= 0.6 is 15.9 Å². The minimum Gasteiger partial charge on any atom is -0.456 e. The molecule has 1 N–H and O–H groups in total. The number of carbonyl (C=O) groups is 1. The highest BCUT2D eigenvalue weighted by Gasteiger charge is 2.16. The first-order chi connectivity index (χ1) is 12.5. The van der Waals surface area contributed by atoms with Crippen molar-refractivity contribution in [1.82, 2.24) is 4.98 Å². The molecule has 0 atom stereocenters. The topological polar surface area (TPSA) is 98.3 Å². The molecule has 0 spiro atoms. The van der Waals surface area contributed by atoms with Crippen molar-refractivity contribution in [1.29, 1.82) is 0 Å². The van der Waals surface area contributed by atoms with Gasteiger partial charge >= 0.3 is 0 Å². The molecule has 0 unspecified atom stereocenters. The van der Waals surface area contributed by atoms with Gasteiger partial charge in [0.2, 0.25) is 5.91 Å². The van der Waals surface area contributed by atoms with Gasteiger partial charge in [0.05, 0.1) is 10.5 Å². The summed E-state index contributed by atoms with van der Waals surface area (Å²) in [6.07, 6.45) is 4.35. The fourth-order valence-electron chi connectivity index (χ4n) is 2.20. The third kappa shape index (κ3) is 4.22. The van der Waals surface area contributed by atoms with Gasteiger partial charge in [-0.3, -0.25) is 14.9 Å². The average Bonchev–Trinajstić information content (AvgIpc) is 3.11. The summed E-state index contributed by atoms with van der Waals surface area (Å²) >= 11 is 3.26. The van der Waals surface area contributed by atoms with Crippen LogP contribution in [0.25, 0.3) is 17.4 Å². The number of hydrogen-bond acceptors (Lipinski definition) is 5. The van der Waals surface area contributed by atoms with Crippen LogP contribution in [-0.4, -0.2) is 15.8 Å². The molecule has 0 aliphatic carbocycles. The first-order valence-electron chi connectivity index (χ1n) is 7.47. The number of aromatic nitrogens is 1. The van der Waals surface area contributed by atoms with Crippen LogP contribution in [0.4, 0.5) is 11.5 Å². The van der Waals surface area contributed by atoms with E-state index in [0.29, 0.717) is 22.9 Å². The molecular weight excluding hydrogens is 402 g/mol. The van der Waals surface area contributed by atoms with Crippen molar-refractivity contribution in [2.45, 2.75) is 0 Å². The second-order valence-corrected chi connectivity index (χ2v) is 6.08. The molecule has 130 valence electrons. The van der Waals surface area contributed by atoms with Gasteiger partial charge in [-0.2, -0.15) is 0 Å². The summed E-state index contributed by atoms with van der Waals surface area (Å²) in [5, 5.41) is 13.7. The number of carbonyl (C=O) groups excluding carboxylic acids is 1. The Hall–Kier alpha value is -3.26. The highest BCUT2D eigenvalue weighted by atomic mass is 79.9. The van der Waals surface area contributed by atoms with Crippen molar-refractivity contribution in [2.24, 2.45) is 0 Å². The predicted molar refractivity (Wildman–Crippen MR) is 100 cm³/mol. The van der Waals surface area contributed by atoms with E-state index in [9.17, 15) is 14.9 Å². The quantitative estimate of drug-likeness (QED) is 0.372. The maximum atomic E-state index is 11.9. The Balaban J connectivity index is 1.72. The van der Waals surface area contributed by atoms with E-state index >= 15 is 0 Å². The molecule has 1 aromatic carbocycles. The molecule has 0 aliphatic heterocycles. The Morgan fingerprint density at radius 3 is 2.73 bits per heavy atom. The zero-order chi connectivity index (χ0) is 18.5. The van der Waals surface area contributed by atoms with Crippen molar-refractivity contribution in [2.75, 3.05) is 5.32 Å². The van der Waals surface area contributed by atoms with Gasteiger partial charge in [0.1, 0.15) is 17.3 Å². The number of halogens is 1. The molecule has 0 fully saturated rings. The van der Waals surface area contributed by atoms with Gasteiger partial charge in [0.25, 0.3) is 5.69 Å². The van der Waals surface area contributed by atoms with E-state index in [1.165, 1.54) is 18.2 Å². The maximum absolute atomic E-state index is 11.9. The average molecular weight is 414 g/mol. The molecule has 26 heavy (non-hydrogen) atoms. The van der Waals surface area contributed by atoms with Gasteiger partial charge in [-0.1, -0.05) is 12.1 Å². The monoisotopic (exact) mass is 413 g/mol. The largest absolute Gasteiger partial charge is 0.456 e. The van der Waals surface area contributed by atoms with E-state index in [1.54, 1.807) is 48.7 Å². The zero-order valence-corrected chi connectivity index (χ0v) is 14.8. The van der Waals surface area contributed by atoms with E-state index in [-0.39, 0.29) is 11.6 Å². The van der Waals surface area contributed by atoms with Crippen molar-refractivity contribution in [3.8, 4) is 11.3 Å². The van der Waals surface area contributed by atoms with Crippen LogP contribution in [0.1, 0.15) is 5.76 Å². The Bertz CT molecular complexity index is 980. The standard InChI is InChI=1S/C18H12BrN3O4/c19-12-5-9-17(20-11-12)21-18(23)10-7-13-6-8-16(26-13)14-3-1-2-4-15(14)22(24)25/h1-11H,(H,20,21,23)/b10-7+. The lowest BCUT2D eigenvalue weighted by Crippen LogP contribution is -2.08. The fourth-order valence-corrected chi connectivity index (χ4v) is 2.44. The number of furan rings is 1. The number of rotatable bonds is 5. The lowest BCUT2D eigenvalue weighted by atomic mass is 10.1. The number of benzene rings is 1. The van der Waals surface area contributed by atoms with E-state index in [1.807, 2.05) is 0 Å². The number of pyridine rings is 1. The summed E-state index contributed by atoms with van der Waals surface area (Å²) in [5.41, 5.74) is 0.331.